The maximum atomic E-state index is 10.6. The van der Waals surface area contributed by atoms with E-state index in [0.29, 0.717) is 0 Å². The third kappa shape index (κ3) is 4.17. The number of carbonyl (C=O) groups is 1. The first kappa shape index (κ1) is 14.2. The van der Waals surface area contributed by atoms with Gasteiger partial charge in [-0.3, -0.25) is 9.78 Å². The van der Waals surface area contributed by atoms with E-state index in [1.54, 1.807) is 6.20 Å². The normalized spacial score (nSPS) is 10.4. The molecule has 1 heterocycles. The average molecular weight is 270 g/mol. The van der Waals surface area contributed by atoms with Crippen LogP contribution >= 0.6 is 0 Å². The van der Waals surface area contributed by atoms with Crippen LogP contribution in [-0.2, 0) is 24.3 Å². The Labute approximate surface area is 118 Å². The summed E-state index contributed by atoms with van der Waals surface area (Å²) < 4.78 is 0. The van der Waals surface area contributed by atoms with Crippen LogP contribution in [0.2, 0.25) is 0 Å². The Morgan fingerprint density at radius 2 is 1.85 bits per heavy atom. The minimum absolute atomic E-state index is 0.0733. The number of rotatable bonds is 6. The Morgan fingerprint density at radius 1 is 1.15 bits per heavy atom. The average Bonchev–Trinajstić information content (AvgIpc) is 2.42. The minimum Gasteiger partial charge on any atom is -0.481 e. The zero-order valence-electron chi connectivity index (χ0n) is 11.5. The molecule has 0 amide bonds. The molecular formula is C16H18N2O2. The molecule has 0 radical (unpaired) electrons. The van der Waals surface area contributed by atoms with Gasteiger partial charge in [0, 0.05) is 25.5 Å². The van der Waals surface area contributed by atoms with Crippen LogP contribution in [0.25, 0.3) is 0 Å². The Bertz CT molecular complexity index is 579. The summed E-state index contributed by atoms with van der Waals surface area (Å²) in [6, 6.07) is 9.67. The van der Waals surface area contributed by atoms with E-state index in [4.69, 9.17) is 5.11 Å². The number of aliphatic carboxylic acids is 1. The summed E-state index contributed by atoms with van der Waals surface area (Å²) in [6.45, 7) is 3.60. The van der Waals surface area contributed by atoms with Crippen molar-refractivity contribution < 1.29 is 9.90 Å². The fourth-order valence-corrected chi connectivity index (χ4v) is 1.99. The van der Waals surface area contributed by atoms with Gasteiger partial charge in [0.15, 0.2) is 0 Å². The standard InChI is InChI=1S/C16H18N2O2/c1-12-9-17-7-6-15(12)11-18-10-14-4-2-13(3-5-14)8-16(19)20/h2-7,9,18H,8,10-11H2,1H3,(H,19,20). The van der Waals surface area contributed by atoms with Gasteiger partial charge in [0.1, 0.15) is 0 Å². The summed E-state index contributed by atoms with van der Waals surface area (Å²) in [4.78, 5) is 14.7. The Kier molecular flexibility index (Phi) is 4.85. The van der Waals surface area contributed by atoms with Crippen molar-refractivity contribution in [1.29, 1.82) is 0 Å². The molecule has 20 heavy (non-hydrogen) atoms. The van der Waals surface area contributed by atoms with Crippen molar-refractivity contribution >= 4 is 5.97 Å². The number of pyridine rings is 1. The van der Waals surface area contributed by atoms with E-state index in [9.17, 15) is 4.79 Å². The molecular weight excluding hydrogens is 252 g/mol. The second-order valence-electron chi connectivity index (χ2n) is 4.79. The summed E-state index contributed by atoms with van der Waals surface area (Å²) in [5.41, 5.74) is 4.39. The zero-order chi connectivity index (χ0) is 14.4. The maximum Gasteiger partial charge on any atom is 0.307 e. The molecule has 0 spiro atoms. The van der Waals surface area contributed by atoms with E-state index < -0.39 is 5.97 Å². The van der Waals surface area contributed by atoms with Crippen molar-refractivity contribution in [3.05, 3.63) is 65.0 Å². The molecule has 0 atom stereocenters. The molecule has 1 aromatic carbocycles. The molecule has 0 bridgehead atoms. The van der Waals surface area contributed by atoms with Gasteiger partial charge in [0.05, 0.1) is 6.42 Å². The summed E-state index contributed by atoms with van der Waals surface area (Å²) in [7, 11) is 0. The van der Waals surface area contributed by atoms with Gasteiger partial charge in [-0.25, -0.2) is 0 Å². The van der Waals surface area contributed by atoms with Crippen LogP contribution < -0.4 is 5.32 Å². The lowest BCUT2D eigenvalue weighted by molar-refractivity contribution is -0.136. The minimum atomic E-state index is -0.802. The molecule has 0 saturated carbocycles. The summed E-state index contributed by atoms with van der Waals surface area (Å²) in [5, 5.41) is 12.1. The maximum absolute atomic E-state index is 10.6. The molecule has 0 aliphatic rings. The summed E-state index contributed by atoms with van der Waals surface area (Å²) >= 11 is 0. The van der Waals surface area contributed by atoms with Gasteiger partial charge in [0.25, 0.3) is 0 Å². The number of nitrogens with one attached hydrogen (secondary N) is 1. The number of aryl methyl sites for hydroxylation is 1. The highest BCUT2D eigenvalue weighted by Gasteiger charge is 2.01. The topological polar surface area (TPSA) is 62.2 Å². The van der Waals surface area contributed by atoms with Crippen LogP contribution in [-0.4, -0.2) is 16.1 Å². The third-order valence-corrected chi connectivity index (χ3v) is 3.16. The Morgan fingerprint density at radius 3 is 2.50 bits per heavy atom. The highest BCUT2D eigenvalue weighted by Crippen LogP contribution is 2.07. The molecule has 2 N–H and O–H groups in total. The first-order chi connectivity index (χ1) is 9.65. The van der Waals surface area contributed by atoms with Crippen LogP contribution in [0.15, 0.2) is 42.7 Å². The van der Waals surface area contributed by atoms with Gasteiger partial charge in [0.2, 0.25) is 0 Å². The number of hydrogen-bond donors (Lipinski definition) is 2. The number of carboxylic acids is 1. The highest BCUT2D eigenvalue weighted by atomic mass is 16.4. The molecule has 0 aliphatic carbocycles. The highest BCUT2D eigenvalue weighted by molar-refractivity contribution is 5.70. The third-order valence-electron chi connectivity index (χ3n) is 3.16. The predicted octanol–water partition coefficient (Wildman–Crippen LogP) is 2.31. The zero-order valence-corrected chi connectivity index (χ0v) is 11.5. The second-order valence-corrected chi connectivity index (χ2v) is 4.79. The van der Waals surface area contributed by atoms with E-state index in [1.807, 2.05) is 43.5 Å². The Balaban J connectivity index is 1.85. The van der Waals surface area contributed by atoms with Gasteiger partial charge in [-0.05, 0) is 35.2 Å². The molecule has 4 heteroatoms. The van der Waals surface area contributed by atoms with Crippen molar-refractivity contribution in [1.82, 2.24) is 10.3 Å². The van der Waals surface area contributed by atoms with E-state index in [-0.39, 0.29) is 6.42 Å². The van der Waals surface area contributed by atoms with Crippen molar-refractivity contribution in [2.45, 2.75) is 26.4 Å². The molecule has 4 nitrogen and oxygen atoms in total. The van der Waals surface area contributed by atoms with Gasteiger partial charge < -0.3 is 10.4 Å². The van der Waals surface area contributed by atoms with Crippen LogP contribution in [0, 0.1) is 6.92 Å². The molecule has 0 aliphatic heterocycles. The quantitative estimate of drug-likeness (QED) is 0.845. The smallest absolute Gasteiger partial charge is 0.307 e. The van der Waals surface area contributed by atoms with Crippen molar-refractivity contribution in [3.63, 3.8) is 0 Å². The van der Waals surface area contributed by atoms with E-state index >= 15 is 0 Å². The fourth-order valence-electron chi connectivity index (χ4n) is 1.99. The van der Waals surface area contributed by atoms with Crippen LogP contribution in [0.1, 0.15) is 22.3 Å². The lowest BCUT2D eigenvalue weighted by Crippen LogP contribution is -2.13. The number of benzene rings is 1. The van der Waals surface area contributed by atoms with Crippen LogP contribution in [0.5, 0.6) is 0 Å². The SMILES string of the molecule is Cc1cnccc1CNCc1ccc(CC(=O)O)cc1. The fraction of sp³-hybridized carbons (Fsp3) is 0.250. The van der Waals surface area contributed by atoms with Crippen molar-refractivity contribution in [3.8, 4) is 0 Å². The van der Waals surface area contributed by atoms with Crippen molar-refractivity contribution in [2.75, 3.05) is 0 Å². The van der Waals surface area contributed by atoms with Gasteiger partial charge in [-0.2, -0.15) is 0 Å². The molecule has 0 unspecified atom stereocenters. The lowest BCUT2D eigenvalue weighted by Gasteiger charge is -2.08. The first-order valence-electron chi connectivity index (χ1n) is 6.55. The molecule has 2 rings (SSSR count). The Hall–Kier alpha value is -2.20. The molecule has 2 aromatic rings. The number of hydrogen-bond acceptors (Lipinski definition) is 3. The van der Waals surface area contributed by atoms with Gasteiger partial charge in [-0.1, -0.05) is 24.3 Å². The largest absolute Gasteiger partial charge is 0.481 e. The molecule has 0 fully saturated rings. The molecule has 104 valence electrons. The van der Waals surface area contributed by atoms with Gasteiger partial charge in [-0.15, -0.1) is 0 Å². The monoisotopic (exact) mass is 270 g/mol. The number of nitrogens with zero attached hydrogens (tertiary/aromatic N) is 1. The first-order valence-corrected chi connectivity index (χ1v) is 6.55. The summed E-state index contributed by atoms with van der Waals surface area (Å²) in [5.74, 6) is -0.802. The predicted molar refractivity (Wildman–Crippen MR) is 77.3 cm³/mol. The van der Waals surface area contributed by atoms with Gasteiger partial charge >= 0.3 is 5.97 Å². The van der Waals surface area contributed by atoms with E-state index in [0.717, 1.165) is 24.2 Å². The van der Waals surface area contributed by atoms with Crippen LogP contribution in [0.4, 0.5) is 0 Å². The molecule has 1 aromatic heterocycles. The van der Waals surface area contributed by atoms with E-state index in [1.165, 1.54) is 11.1 Å². The number of carboxylic acid groups (broad SMARTS) is 1. The summed E-state index contributed by atoms with van der Waals surface area (Å²) in [6.07, 6.45) is 3.73. The van der Waals surface area contributed by atoms with Crippen molar-refractivity contribution in [2.24, 2.45) is 0 Å². The van der Waals surface area contributed by atoms with Crippen LogP contribution in [0.3, 0.4) is 0 Å². The lowest BCUT2D eigenvalue weighted by atomic mass is 10.1. The van der Waals surface area contributed by atoms with E-state index in [2.05, 4.69) is 10.3 Å². The second kappa shape index (κ2) is 6.82. The molecule has 0 saturated heterocycles. The number of aromatic nitrogens is 1.